The first-order chi connectivity index (χ1) is 6.42. The Balaban J connectivity index is 0.000000396. The quantitative estimate of drug-likeness (QED) is 0.653. The van der Waals surface area contributed by atoms with Gasteiger partial charge in [0.1, 0.15) is 0 Å². The van der Waals surface area contributed by atoms with Crippen molar-refractivity contribution in [2.75, 3.05) is 0 Å². The fraction of sp³-hybridized carbons (Fsp3) is 0.364. The smallest absolute Gasteiger partial charge is 0.0678 e. The van der Waals surface area contributed by atoms with Crippen LogP contribution in [0.1, 0.15) is 26.3 Å². The molecule has 2 aromatic heterocycles. The lowest BCUT2D eigenvalue weighted by Crippen LogP contribution is -1.91. The van der Waals surface area contributed by atoms with Gasteiger partial charge in [0.15, 0.2) is 0 Å². The lowest BCUT2D eigenvalue weighted by atomic mass is 10.2. The van der Waals surface area contributed by atoms with E-state index in [0.29, 0.717) is 0 Å². The van der Waals surface area contributed by atoms with Crippen molar-refractivity contribution in [2.45, 2.75) is 27.2 Å². The zero-order valence-corrected chi connectivity index (χ0v) is 8.49. The van der Waals surface area contributed by atoms with Gasteiger partial charge >= 0.3 is 0 Å². The fourth-order valence-electron chi connectivity index (χ4n) is 1.31. The minimum Gasteiger partial charge on any atom is -0.241 e. The average Bonchev–Trinajstić information content (AvgIpc) is 2.68. The molecule has 2 nitrogen and oxygen atoms in total. The number of hydrogen-bond acceptors (Lipinski definition) is 1. The molecule has 0 fully saturated rings. The second-order valence-corrected chi connectivity index (χ2v) is 2.55. The van der Waals surface area contributed by atoms with Crippen molar-refractivity contribution >= 4 is 5.52 Å². The zero-order chi connectivity index (χ0) is 9.68. The average molecular weight is 176 g/mol. The molecule has 2 heteroatoms. The lowest BCUT2D eigenvalue weighted by molar-refractivity contribution is 0.922. The molecule has 0 aliphatic heterocycles. The van der Waals surface area contributed by atoms with Gasteiger partial charge in [-0.25, -0.2) is 4.52 Å². The predicted octanol–water partition coefficient (Wildman–Crippen LogP) is 2.92. The first-order valence-corrected chi connectivity index (χ1v) is 4.83. The van der Waals surface area contributed by atoms with Crippen molar-refractivity contribution in [1.29, 1.82) is 0 Å². The molecular formula is C11H16N2. The van der Waals surface area contributed by atoms with Crippen LogP contribution in [0.2, 0.25) is 0 Å². The highest BCUT2D eigenvalue weighted by Gasteiger charge is 1.96. The van der Waals surface area contributed by atoms with Crippen LogP contribution in [0.5, 0.6) is 0 Å². The summed E-state index contributed by atoms with van der Waals surface area (Å²) in [5, 5.41) is 4.17. The maximum atomic E-state index is 4.17. The number of fused-ring (bicyclic) bond motifs is 1. The molecule has 2 heterocycles. The third-order valence-corrected chi connectivity index (χ3v) is 1.90. The van der Waals surface area contributed by atoms with Gasteiger partial charge in [-0.3, -0.25) is 0 Å². The normalized spacial score (nSPS) is 9.46. The molecule has 0 aliphatic carbocycles. The standard InChI is InChI=1S/C9H10N2.C2H6/c1-2-8-5-6-10-11-7-3-4-9(8)11;1-2/h3-7H,2H2,1H3;1-2H3. The topological polar surface area (TPSA) is 17.3 Å². The van der Waals surface area contributed by atoms with Gasteiger partial charge in [-0.1, -0.05) is 20.8 Å². The minimum atomic E-state index is 1.07. The van der Waals surface area contributed by atoms with Crippen LogP contribution in [0.15, 0.2) is 30.6 Å². The fourth-order valence-corrected chi connectivity index (χ4v) is 1.31. The van der Waals surface area contributed by atoms with E-state index >= 15 is 0 Å². The highest BCUT2D eigenvalue weighted by atomic mass is 15.2. The van der Waals surface area contributed by atoms with E-state index in [1.54, 1.807) is 0 Å². The Morgan fingerprint density at radius 2 is 2.08 bits per heavy atom. The number of rotatable bonds is 1. The van der Waals surface area contributed by atoms with Gasteiger partial charge in [-0.2, -0.15) is 5.10 Å². The maximum Gasteiger partial charge on any atom is 0.0678 e. The molecule has 0 aromatic carbocycles. The number of hydrogen-bond donors (Lipinski definition) is 0. The van der Waals surface area contributed by atoms with E-state index < -0.39 is 0 Å². The van der Waals surface area contributed by atoms with Crippen LogP contribution in [0, 0.1) is 0 Å². The summed E-state index contributed by atoms with van der Waals surface area (Å²) in [4.78, 5) is 0. The monoisotopic (exact) mass is 176 g/mol. The molecule has 2 aromatic rings. The first kappa shape index (κ1) is 9.78. The first-order valence-electron chi connectivity index (χ1n) is 4.83. The van der Waals surface area contributed by atoms with Gasteiger partial charge in [-0.05, 0) is 30.2 Å². The summed E-state index contributed by atoms with van der Waals surface area (Å²) < 4.78 is 1.90. The summed E-state index contributed by atoms with van der Waals surface area (Å²) in [6, 6.07) is 6.17. The van der Waals surface area contributed by atoms with Gasteiger partial charge in [0, 0.05) is 12.4 Å². The summed E-state index contributed by atoms with van der Waals surface area (Å²) in [7, 11) is 0. The molecule has 0 saturated heterocycles. The van der Waals surface area contributed by atoms with Crippen LogP contribution in [0.25, 0.3) is 5.52 Å². The molecular weight excluding hydrogens is 160 g/mol. The van der Waals surface area contributed by atoms with Crippen LogP contribution < -0.4 is 0 Å². The largest absolute Gasteiger partial charge is 0.241 e. The number of aromatic nitrogens is 2. The van der Waals surface area contributed by atoms with Crippen molar-refractivity contribution in [3.8, 4) is 0 Å². The molecule has 0 saturated carbocycles. The molecule has 0 amide bonds. The summed E-state index contributed by atoms with van der Waals surface area (Å²) in [5.74, 6) is 0. The van der Waals surface area contributed by atoms with Crippen LogP contribution in [0.4, 0.5) is 0 Å². The number of aryl methyl sites for hydroxylation is 1. The lowest BCUT2D eigenvalue weighted by Gasteiger charge is -1.98. The SMILES string of the molecule is CC.CCc1ccnn2cccc12. The van der Waals surface area contributed by atoms with E-state index in [0.717, 1.165) is 6.42 Å². The van der Waals surface area contributed by atoms with Crippen molar-refractivity contribution in [1.82, 2.24) is 9.61 Å². The minimum absolute atomic E-state index is 1.07. The Labute approximate surface area is 79.2 Å². The highest BCUT2D eigenvalue weighted by molar-refractivity contribution is 5.53. The van der Waals surface area contributed by atoms with Gasteiger partial charge in [0.2, 0.25) is 0 Å². The molecule has 0 aliphatic rings. The third kappa shape index (κ3) is 1.89. The maximum absolute atomic E-state index is 4.17. The Kier molecular flexibility index (Phi) is 3.50. The molecule has 13 heavy (non-hydrogen) atoms. The van der Waals surface area contributed by atoms with Crippen LogP contribution >= 0.6 is 0 Å². The summed E-state index contributed by atoms with van der Waals surface area (Å²) in [5.41, 5.74) is 2.57. The van der Waals surface area contributed by atoms with Crippen LogP contribution in [-0.2, 0) is 6.42 Å². The molecule has 0 spiro atoms. The molecule has 0 bridgehead atoms. The Morgan fingerprint density at radius 1 is 1.31 bits per heavy atom. The Hall–Kier alpha value is -1.31. The highest BCUT2D eigenvalue weighted by Crippen LogP contribution is 2.09. The zero-order valence-electron chi connectivity index (χ0n) is 8.49. The van der Waals surface area contributed by atoms with Crippen LogP contribution in [-0.4, -0.2) is 9.61 Å². The van der Waals surface area contributed by atoms with E-state index in [-0.39, 0.29) is 0 Å². The molecule has 2 rings (SSSR count). The summed E-state index contributed by atoms with van der Waals surface area (Å²) in [6.45, 7) is 6.16. The van der Waals surface area contributed by atoms with Gasteiger partial charge in [0.25, 0.3) is 0 Å². The van der Waals surface area contributed by atoms with E-state index in [1.807, 2.05) is 36.8 Å². The molecule has 0 radical (unpaired) electrons. The summed E-state index contributed by atoms with van der Waals surface area (Å²) >= 11 is 0. The van der Waals surface area contributed by atoms with E-state index in [2.05, 4.69) is 24.2 Å². The molecule has 0 unspecified atom stereocenters. The van der Waals surface area contributed by atoms with Crippen molar-refractivity contribution in [3.05, 3.63) is 36.2 Å². The Morgan fingerprint density at radius 3 is 2.77 bits per heavy atom. The third-order valence-electron chi connectivity index (χ3n) is 1.90. The van der Waals surface area contributed by atoms with Gasteiger partial charge in [0.05, 0.1) is 5.52 Å². The molecule has 0 N–H and O–H groups in total. The van der Waals surface area contributed by atoms with E-state index in [9.17, 15) is 0 Å². The van der Waals surface area contributed by atoms with Crippen molar-refractivity contribution in [2.24, 2.45) is 0 Å². The molecule has 70 valence electrons. The van der Waals surface area contributed by atoms with E-state index in [1.165, 1.54) is 11.1 Å². The predicted molar refractivity (Wildman–Crippen MR) is 55.9 cm³/mol. The number of nitrogens with zero attached hydrogens (tertiary/aromatic N) is 2. The van der Waals surface area contributed by atoms with Crippen LogP contribution in [0.3, 0.4) is 0 Å². The van der Waals surface area contributed by atoms with Crippen molar-refractivity contribution < 1.29 is 0 Å². The Bertz CT molecular complexity index is 363. The second kappa shape index (κ2) is 4.65. The molecule has 0 atom stereocenters. The van der Waals surface area contributed by atoms with Crippen molar-refractivity contribution in [3.63, 3.8) is 0 Å². The van der Waals surface area contributed by atoms with Gasteiger partial charge < -0.3 is 0 Å². The second-order valence-electron chi connectivity index (χ2n) is 2.55. The van der Waals surface area contributed by atoms with E-state index in [4.69, 9.17) is 0 Å². The van der Waals surface area contributed by atoms with Gasteiger partial charge in [-0.15, -0.1) is 0 Å². The summed E-state index contributed by atoms with van der Waals surface area (Å²) in [6.07, 6.45) is 4.87.